The number of hydrogen-bond donors (Lipinski definition) is 1. The predicted molar refractivity (Wildman–Crippen MR) is 75.4 cm³/mol. The first-order valence-electron chi connectivity index (χ1n) is 7.48. The Hall–Kier alpha value is -1.00. The monoisotopic (exact) mass is 283 g/mol. The van der Waals surface area contributed by atoms with Gasteiger partial charge in [-0.2, -0.15) is 0 Å². The molecule has 2 nitrogen and oxygen atoms in total. The van der Waals surface area contributed by atoms with Crippen LogP contribution in [0.2, 0.25) is 0 Å². The molecule has 1 aromatic carbocycles. The van der Waals surface area contributed by atoms with Crippen molar-refractivity contribution in [3.05, 3.63) is 35.4 Å². The fraction of sp³-hybridized carbons (Fsp3) is 0.625. The summed E-state index contributed by atoms with van der Waals surface area (Å²) < 4.78 is 26.3. The standard InChI is InChI=1S/C16H23F2NO/c1-2-19(15-5-3-4-6-15)8-7-16(20)12-9-13(17)11-14(18)10-12/h9-11,15-16,20H,2-8H2,1H3. The third-order valence-electron chi connectivity index (χ3n) is 4.21. The van der Waals surface area contributed by atoms with Gasteiger partial charge in [-0.15, -0.1) is 0 Å². The lowest BCUT2D eigenvalue weighted by Gasteiger charge is -2.28. The normalized spacial score (nSPS) is 17.9. The molecule has 112 valence electrons. The van der Waals surface area contributed by atoms with Gasteiger partial charge in [-0.05, 0) is 43.5 Å². The van der Waals surface area contributed by atoms with Crippen molar-refractivity contribution in [1.29, 1.82) is 0 Å². The van der Waals surface area contributed by atoms with Gasteiger partial charge in [0.1, 0.15) is 11.6 Å². The quantitative estimate of drug-likeness (QED) is 0.861. The maximum absolute atomic E-state index is 13.1. The zero-order valence-corrected chi connectivity index (χ0v) is 12.0. The lowest BCUT2D eigenvalue weighted by Crippen LogP contribution is -2.34. The molecule has 0 saturated heterocycles. The van der Waals surface area contributed by atoms with Crippen LogP contribution in [-0.2, 0) is 0 Å². The molecule has 4 heteroatoms. The maximum Gasteiger partial charge on any atom is 0.126 e. The summed E-state index contributed by atoms with van der Waals surface area (Å²) >= 11 is 0. The van der Waals surface area contributed by atoms with E-state index in [0.717, 1.165) is 19.2 Å². The minimum atomic E-state index is -0.810. The second-order valence-electron chi connectivity index (χ2n) is 5.57. The highest BCUT2D eigenvalue weighted by molar-refractivity contribution is 5.20. The van der Waals surface area contributed by atoms with Crippen molar-refractivity contribution in [3.8, 4) is 0 Å². The molecule has 1 atom stereocenters. The summed E-state index contributed by atoms with van der Waals surface area (Å²) in [4.78, 5) is 2.37. The van der Waals surface area contributed by atoms with Crippen LogP contribution in [0.1, 0.15) is 50.7 Å². The highest BCUT2D eigenvalue weighted by Crippen LogP contribution is 2.25. The maximum atomic E-state index is 13.1. The smallest absolute Gasteiger partial charge is 0.126 e. The molecule has 1 aliphatic rings. The number of aliphatic hydroxyl groups is 1. The van der Waals surface area contributed by atoms with E-state index >= 15 is 0 Å². The van der Waals surface area contributed by atoms with Crippen LogP contribution in [0.25, 0.3) is 0 Å². The van der Waals surface area contributed by atoms with Gasteiger partial charge in [0, 0.05) is 18.7 Å². The molecule has 0 spiro atoms. The minimum absolute atomic E-state index is 0.324. The summed E-state index contributed by atoms with van der Waals surface area (Å²) in [5.41, 5.74) is 0.324. The topological polar surface area (TPSA) is 23.5 Å². The first-order valence-corrected chi connectivity index (χ1v) is 7.48. The van der Waals surface area contributed by atoms with E-state index in [1.807, 2.05) is 0 Å². The first kappa shape index (κ1) is 15.4. The number of aliphatic hydroxyl groups excluding tert-OH is 1. The van der Waals surface area contributed by atoms with Gasteiger partial charge >= 0.3 is 0 Å². The van der Waals surface area contributed by atoms with Gasteiger partial charge < -0.3 is 10.0 Å². The Labute approximate surface area is 119 Å². The molecule has 0 aliphatic heterocycles. The molecular weight excluding hydrogens is 260 g/mol. The van der Waals surface area contributed by atoms with E-state index in [-0.39, 0.29) is 0 Å². The van der Waals surface area contributed by atoms with E-state index in [0.29, 0.717) is 18.0 Å². The molecule has 1 aliphatic carbocycles. The number of rotatable bonds is 6. The number of nitrogens with zero attached hydrogens (tertiary/aromatic N) is 1. The second kappa shape index (κ2) is 7.14. The summed E-state index contributed by atoms with van der Waals surface area (Å²) in [6.07, 6.45) is 4.69. The Bertz CT molecular complexity index is 412. The average Bonchev–Trinajstić information content (AvgIpc) is 2.92. The van der Waals surface area contributed by atoms with Crippen LogP contribution in [0, 0.1) is 11.6 Å². The zero-order chi connectivity index (χ0) is 14.5. The zero-order valence-electron chi connectivity index (χ0n) is 12.0. The van der Waals surface area contributed by atoms with Gasteiger partial charge in [-0.25, -0.2) is 8.78 Å². The van der Waals surface area contributed by atoms with Crippen LogP contribution in [0.3, 0.4) is 0 Å². The molecule has 0 aromatic heterocycles. The van der Waals surface area contributed by atoms with Gasteiger partial charge in [0.15, 0.2) is 0 Å². The van der Waals surface area contributed by atoms with Gasteiger partial charge in [-0.3, -0.25) is 0 Å². The van der Waals surface area contributed by atoms with Crippen molar-refractivity contribution in [3.63, 3.8) is 0 Å². The highest BCUT2D eigenvalue weighted by atomic mass is 19.1. The van der Waals surface area contributed by atoms with Gasteiger partial charge in [-0.1, -0.05) is 19.8 Å². The van der Waals surface area contributed by atoms with Gasteiger partial charge in [0.2, 0.25) is 0 Å². The summed E-state index contributed by atoms with van der Waals surface area (Å²) in [6, 6.07) is 3.85. The molecule has 1 N–H and O–H groups in total. The van der Waals surface area contributed by atoms with Crippen molar-refractivity contribution < 1.29 is 13.9 Å². The largest absolute Gasteiger partial charge is 0.388 e. The fourth-order valence-electron chi connectivity index (χ4n) is 3.09. The van der Waals surface area contributed by atoms with Crippen molar-refractivity contribution in [2.75, 3.05) is 13.1 Å². The van der Waals surface area contributed by atoms with Crippen LogP contribution in [0.4, 0.5) is 8.78 Å². The van der Waals surface area contributed by atoms with Gasteiger partial charge in [0.05, 0.1) is 6.10 Å². The molecule has 1 fully saturated rings. The van der Waals surface area contributed by atoms with Crippen molar-refractivity contribution >= 4 is 0 Å². The molecular formula is C16H23F2NO. The summed E-state index contributed by atoms with van der Waals surface area (Å²) in [5, 5.41) is 10.1. The highest BCUT2D eigenvalue weighted by Gasteiger charge is 2.22. The van der Waals surface area contributed by atoms with E-state index in [4.69, 9.17) is 0 Å². The van der Waals surface area contributed by atoms with Crippen LogP contribution in [-0.4, -0.2) is 29.1 Å². The molecule has 0 heterocycles. The van der Waals surface area contributed by atoms with Crippen LogP contribution >= 0.6 is 0 Å². The average molecular weight is 283 g/mol. The van der Waals surface area contributed by atoms with Crippen molar-refractivity contribution in [2.24, 2.45) is 0 Å². The third kappa shape index (κ3) is 4.00. The Morgan fingerprint density at radius 1 is 1.20 bits per heavy atom. The van der Waals surface area contributed by atoms with E-state index in [2.05, 4.69) is 11.8 Å². The summed E-state index contributed by atoms with van der Waals surface area (Å²) in [5.74, 6) is -1.27. The number of hydrogen-bond acceptors (Lipinski definition) is 2. The fourth-order valence-corrected chi connectivity index (χ4v) is 3.09. The van der Waals surface area contributed by atoms with Crippen molar-refractivity contribution in [2.45, 2.75) is 51.2 Å². The molecule has 0 bridgehead atoms. The van der Waals surface area contributed by atoms with Gasteiger partial charge in [0.25, 0.3) is 0 Å². The van der Waals surface area contributed by atoms with E-state index in [9.17, 15) is 13.9 Å². The molecule has 1 aromatic rings. The Kier molecular flexibility index (Phi) is 5.49. The van der Waals surface area contributed by atoms with E-state index in [1.165, 1.54) is 37.8 Å². The molecule has 0 amide bonds. The van der Waals surface area contributed by atoms with Crippen LogP contribution < -0.4 is 0 Å². The first-order chi connectivity index (χ1) is 9.60. The molecule has 0 radical (unpaired) electrons. The van der Waals surface area contributed by atoms with E-state index < -0.39 is 17.7 Å². The lowest BCUT2D eigenvalue weighted by atomic mass is 10.1. The van der Waals surface area contributed by atoms with Crippen molar-refractivity contribution in [1.82, 2.24) is 4.90 Å². The summed E-state index contributed by atoms with van der Waals surface area (Å²) in [7, 11) is 0. The third-order valence-corrected chi connectivity index (χ3v) is 4.21. The summed E-state index contributed by atoms with van der Waals surface area (Å²) in [6.45, 7) is 3.84. The molecule has 1 unspecified atom stereocenters. The van der Waals surface area contributed by atoms with Crippen LogP contribution in [0.15, 0.2) is 18.2 Å². The predicted octanol–water partition coefficient (Wildman–Crippen LogP) is 3.65. The number of benzene rings is 1. The van der Waals surface area contributed by atoms with E-state index in [1.54, 1.807) is 0 Å². The molecule has 2 rings (SSSR count). The lowest BCUT2D eigenvalue weighted by molar-refractivity contribution is 0.126. The minimum Gasteiger partial charge on any atom is -0.388 e. The second-order valence-corrected chi connectivity index (χ2v) is 5.57. The Morgan fingerprint density at radius 3 is 2.35 bits per heavy atom. The Morgan fingerprint density at radius 2 is 1.80 bits per heavy atom. The van der Waals surface area contributed by atoms with Crippen LogP contribution in [0.5, 0.6) is 0 Å². The SMILES string of the molecule is CCN(CCC(O)c1cc(F)cc(F)c1)C1CCCC1. The molecule has 20 heavy (non-hydrogen) atoms. The number of halogens is 2. The Balaban J connectivity index is 1.91. The molecule has 1 saturated carbocycles.